The van der Waals surface area contributed by atoms with Gasteiger partial charge in [-0.25, -0.2) is 9.97 Å². The Morgan fingerprint density at radius 3 is 2.33 bits per heavy atom. The maximum absolute atomic E-state index is 12.5. The van der Waals surface area contributed by atoms with Crippen molar-refractivity contribution in [3.8, 4) is 0 Å². The molecule has 168 valence electrons. The fraction of sp³-hybridized carbons (Fsp3) is 0.714. The lowest BCUT2D eigenvalue weighted by atomic mass is 9.87. The fourth-order valence-electron chi connectivity index (χ4n) is 3.84. The Kier molecular flexibility index (Phi) is 7.92. The second-order valence-electron chi connectivity index (χ2n) is 8.56. The van der Waals surface area contributed by atoms with Gasteiger partial charge in [-0.05, 0) is 30.7 Å². The number of anilines is 1. The van der Waals surface area contributed by atoms with Crippen LogP contribution in [0.2, 0.25) is 0 Å². The van der Waals surface area contributed by atoms with Crippen molar-refractivity contribution in [2.24, 2.45) is 17.6 Å². The van der Waals surface area contributed by atoms with Crippen molar-refractivity contribution in [2.45, 2.75) is 58.2 Å². The highest BCUT2D eigenvalue weighted by Gasteiger charge is 2.29. The molecule has 0 radical (unpaired) electrons. The summed E-state index contributed by atoms with van der Waals surface area (Å²) in [6.07, 6.45) is 0.985. The third kappa shape index (κ3) is 6.28. The van der Waals surface area contributed by atoms with Crippen LogP contribution in [-0.2, 0) is 6.42 Å². The van der Waals surface area contributed by atoms with Gasteiger partial charge in [0, 0.05) is 37.1 Å². The van der Waals surface area contributed by atoms with E-state index in [0.717, 1.165) is 67.5 Å². The summed E-state index contributed by atoms with van der Waals surface area (Å²) in [7, 11) is 0. The average Bonchev–Trinajstić information content (AvgIpc) is 2.84. The van der Waals surface area contributed by atoms with E-state index in [1.165, 1.54) is 19.2 Å². The van der Waals surface area contributed by atoms with Gasteiger partial charge in [0.25, 0.3) is 0 Å². The summed E-state index contributed by atoms with van der Waals surface area (Å²) < 4.78 is 37.6. The topological polar surface area (TPSA) is 67.1 Å². The van der Waals surface area contributed by atoms with Gasteiger partial charge in [0.15, 0.2) is 0 Å². The highest BCUT2D eigenvalue weighted by Crippen LogP contribution is 2.34. The number of rotatable bonds is 4. The van der Waals surface area contributed by atoms with Gasteiger partial charge in [0.2, 0.25) is 0 Å². The Labute approximate surface area is 180 Å². The van der Waals surface area contributed by atoms with Crippen molar-refractivity contribution in [3.63, 3.8) is 0 Å². The van der Waals surface area contributed by atoms with E-state index in [1.54, 1.807) is 6.07 Å². The molecule has 2 aromatic rings. The number of fused-ring (bicyclic) bond motifs is 1. The van der Waals surface area contributed by atoms with Crippen molar-refractivity contribution < 1.29 is 13.2 Å². The molecule has 2 aliphatic heterocycles. The third-order valence-corrected chi connectivity index (χ3v) is 6.81. The standard InChI is InChI=1S/C14H16F3N3S.C7H16N2/c15-14(16,17)8-10-7-11-12(18-9-19-13(11)21-10)20-5-3-1-2-4-6-20;1-5(2)7(8)6-3-9-4-6/h7,9H,1-6,8H2;5-7,9H,3-4,8H2,1-2H3. The monoisotopic (exact) mass is 443 g/mol. The minimum absolute atomic E-state index is 0.300. The molecule has 0 aliphatic carbocycles. The summed E-state index contributed by atoms with van der Waals surface area (Å²) in [6.45, 7) is 8.44. The summed E-state index contributed by atoms with van der Waals surface area (Å²) in [5.74, 6) is 2.16. The molecule has 0 aromatic carbocycles. The van der Waals surface area contributed by atoms with E-state index < -0.39 is 12.6 Å². The van der Waals surface area contributed by atoms with Crippen molar-refractivity contribution in [1.29, 1.82) is 0 Å². The van der Waals surface area contributed by atoms with Gasteiger partial charge in [-0.15, -0.1) is 11.3 Å². The molecule has 5 nitrogen and oxygen atoms in total. The van der Waals surface area contributed by atoms with E-state index in [9.17, 15) is 13.2 Å². The number of thiophene rings is 1. The van der Waals surface area contributed by atoms with Crippen molar-refractivity contribution in [3.05, 3.63) is 17.3 Å². The molecule has 2 saturated heterocycles. The van der Waals surface area contributed by atoms with Crippen molar-refractivity contribution in [2.75, 3.05) is 31.1 Å². The largest absolute Gasteiger partial charge is 0.393 e. The second-order valence-corrected chi connectivity index (χ2v) is 9.68. The van der Waals surface area contributed by atoms with Gasteiger partial charge in [0.1, 0.15) is 17.0 Å². The Balaban J connectivity index is 0.000000239. The lowest BCUT2D eigenvalue weighted by Crippen LogP contribution is -2.53. The van der Waals surface area contributed by atoms with Crippen LogP contribution in [0.5, 0.6) is 0 Å². The molecule has 0 bridgehead atoms. The van der Waals surface area contributed by atoms with Gasteiger partial charge in [-0.3, -0.25) is 0 Å². The molecular weight excluding hydrogens is 411 g/mol. The molecule has 2 fully saturated rings. The average molecular weight is 444 g/mol. The Hall–Kier alpha value is -1.45. The molecule has 0 amide bonds. The number of hydrogen-bond donors (Lipinski definition) is 2. The molecule has 2 aromatic heterocycles. The van der Waals surface area contributed by atoms with E-state index in [1.807, 2.05) is 0 Å². The van der Waals surface area contributed by atoms with E-state index in [2.05, 4.69) is 34.0 Å². The van der Waals surface area contributed by atoms with Gasteiger partial charge in [-0.1, -0.05) is 26.7 Å². The molecule has 1 atom stereocenters. The molecule has 0 spiro atoms. The minimum Gasteiger partial charge on any atom is -0.356 e. The highest BCUT2D eigenvalue weighted by atomic mass is 32.1. The summed E-state index contributed by atoms with van der Waals surface area (Å²) in [6, 6.07) is 2.01. The van der Waals surface area contributed by atoms with Crippen LogP contribution in [-0.4, -0.2) is 48.4 Å². The van der Waals surface area contributed by atoms with Crippen LogP contribution in [0, 0.1) is 11.8 Å². The fourth-order valence-corrected chi connectivity index (χ4v) is 4.86. The first-order valence-electron chi connectivity index (χ1n) is 10.8. The number of nitrogens with one attached hydrogen (secondary N) is 1. The molecular formula is C21H32F3N5S. The number of halogens is 3. The number of aromatic nitrogens is 2. The maximum atomic E-state index is 12.5. The van der Waals surface area contributed by atoms with Crippen molar-refractivity contribution in [1.82, 2.24) is 15.3 Å². The maximum Gasteiger partial charge on any atom is 0.393 e. The lowest BCUT2D eigenvalue weighted by Gasteiger charge is -2.34. The zero-order valence-corrected chi connectivity index (χ0v) is 18.5. The predicted molar refractivity (Wildman–Crippen MR) is 117 cm³/mol. The molecule has 9 heteroatoms. The third-order valence-electron chi connectivity index (χ3n) is 5.77. The van der Waals surface area contributed by atoms with Crippen LogP contribution in [0.4, 0.5) is 19.0 Å². The van der Waals surface area contributed by atoms with Gasteiger partial charge >= 0.3 is 6.18 Å². The van der Waals surface area contributed by atoms with E-state index in [0.29, 0.717) is 21.7 Å². The lowest BCUT2D eigenvalue weighted by molar-refractivity contribution is -0.126. The number of nitrogens with two attached hydrogens (primary N) is 1. The zero-order valence-electron chi connectivity index (χ0n) is 17.7. The Bertz CT molecular complexity index is 796. The smallest absolute Gasteiger partial charge is 0.356 e. The van der Waals surface area contributed by atoms with Crippen molar-refractivity contribution >= 4 is 27.4 Å². The minimum atomic E-state index is -4.18. The Morgan fingerprint density at radius 2 is 1.83 bits per heavy atom. The van der Waals surface area contributed by atoms with Gasteiger partial charge in [-0.2, -0.15) is 13.2 Å². The summed E-state index contributed by atoms with van der Waals surface area (Å²) in [5, 5.41) is 3.97. The van der Waals surface area contributed by atoms with Crippen LogP contribution in [0.3, 0.4) is 0 Å². The van der Waals surface area contributed by atoms with Crippen LogP contribution >= 0.6 is 11.3 Å². The highest BCUT2D eigenvalue weighted by molar-refractivity contribution is 7.18. The number of alkyl halides is 3. The first-order chi connectivity index (χ1) is 14.2. The molecule has 4 heterocycles. The summed E-state index contributed by atoms with van der Waals surface area (Å²) in [4.78, 5) is 11.6. The molecule has 2 aliphatic rings. The molecule has 0 saturated carbocycles. The van der Waals surface area contributed by atoms with E-state index >= 15 is 0 Å². The summed E-state index contributed by atoms with van der Waals surface area (Å²) in [5.41, 5.74) is 5.88. The predicted octanol–water partition coefficient (Wildman–Crippen LogP) is 4.37. The quantitative estimate of drug-likeness (QED) is 0.735. The molecule has 4 rings (SSSR count). The number of nitrogens with zero attached hydrogens (tertiary/aromatic N) is 3. The van der Waals surface area contributed by atoms with E-state index in [4.69, 9.17) is 5.73 Å². The molecule has 1 unspecified atom stereocenters. The van der Waals surface area contributed by atoms with Gasteiger partial charge in [0.05, 0.1) is 11.8 Å². The van der Waals surface area contributed by atoms with Crippen LogP contribution in [0.25, 0.3) is 10.2 Å². The van der Waals surface area contributed by atoms with Gasteiger partial charge < -0.3 is 16.0 Å². The first-order valence-corrected chi connectivity index (χ1v) is 11.6. The zero-order chi connectivity index (χ0) is 21.7. The van der Waals surface area contributed by atoms with E-state index in [-0.39, 0.29) is 0 Å². The molecule has 3 N–H and O–H groups in total. The second kappa shape index (κ2) is 10.2. The SMILES string of the molecule is CC(C)C(N)C1CNC1.FC(F)(F)Cc1cc2c(N3CCCCCC3)ncnc2s1. The number of hydrogen-bond acceptors (Lipinski definition) is 6. The van der Waals surface area contributed by atoms with Crippen LogP contribution in [0.15, 0.2) is 12.4 Å². The molecule has 30 heavy (non-hydrogen) atoms. The Morgan fingerprint density at radius 1 is 1.17 bits per heavy atom. The first kappa shape index (κ1) is 23.2. The van der Waals surface area contributed by atoms with Crippen LogP contribution in [0.1, 0.15) is 44.4 Å². The normalized spacial score (nSPS) is 19.2. The van der Waals surface area contributed by atoms with Crippen LogP contribution < -0.4 is 16.0 Å². The summed E-state index contributed by atoms with van der Waals surface area (Å²) >= 11 is 1.11.